The maximum absolute atomic E-state index is 11.9. The highest BCUT2D eigenvalue weighted by Crippen LogP contribution is 2.24. The number of ether oxygens (including phenoxy) is 1. The molecule has 0 saturated heterocycles. The number of aromatic nitrogens is 1. The van der Waals surface area contributed by atoms with Crippen molar-refractivity contribution >= 4 is 17.3 Å². The van der Waals surface area contributed by atoms with Crippen LogP contribution in [0.25, 0.3) is 0 Å². The van der Waals surface area contributed by atoms with Crippen LogP contribution in [0.2, 0.25) is 0 Å². The van der Waals surface area contributed by atoms with Crippen LogP contribution in [-0.2, 0) is 0 Å². The molecular weight excluding hydrogens is 234 g/mol. The Bertz CT molecular complexity index is 578. The number of anilines is 2. The molecule has 2 aromatic rings. The second-order valence-electron chi connectivity index (χ2n) is 3.70. The Labute approximate surface area is 104 Å². The second-order valence-corrected chi connectivity index (χ2v) is 3.70. The molecule has 18 heavy (non-hydrogen) atoms. The molecule has 0 aliphatic carbocycles. The smallest absolute Gasteiger partial charge is 0.260 e. The zero-order valence-electron chi connectivity index (χ0n) is 10.1. The minimum absolute atomic E-state index is 0.314. The van der Waals surface area contributed by atoms with E-state index in [-0.39, 0.29) is 5.91 Å². The highest BCUT2D eigenvalue weighted by Gasteiger charge is 2.14. The molecule has 6 heteroatoms. The number of nitrogen functional groups attached to an aromatic ring is 1. The van der Waals surface area contributed by atoms with Crippen LogP contribution in [0.3, 0.4) is 0 Å². The van der Waals surface area contributed by atoms with Crippen molar-refractivity contribution in [1.82, 2.24) is 5.16 Å². The predicted octanol–water partition coefficient (Wildman–Crippen LogP) is 1.83. The van der Waals surface area contributed by atoms with Crippen molar-refractivity contribution in [3.05, 3.63) is 35.7 Å². The van der Waals surface area contributed by atoms with Gasteiger partial charge >= 0.3 is 0 Å². The lowest BCUT2D eigenvalue weighted by molar-refractivity contribution is 0.102. The number of hydrogen-bond donors (Lipinski definition) is 2. The van der Waals surface area contributed by atoms with Crippen LogP contribution >= 0.6 is 0 Å². The Morgan fingerprint density at radius 2 is 2.28 bits per heavy atom. The van der Waals surface area contributed by atoms with Crippen molar-refractivity contribution in [2.75, 3.05) is 18.2 Å². The summed E-state index contributed by atoms with van der Waals surface area (Å²) in [6.07, 6.45) is 1.37. The normalized spacial score (nSPS) is 10.1. The van der Waals surface area contributed by atoms with Gasteiger partial charge in [0.2, 0.25) is 0 Å². The average molecular weight is 247 g/mol. The third-order valence-electron chi connectivity index (χ3n) is 2.50. The van der Waals surface area contributed by atoms with E-state index in [1.165, 1.54) is 6.20 Å². The third-order valence-corrected chi connectivity index (χ3v) is 2.50. The minimum Gasteiger partial charge on any atom is -0.497 e. The lowest BCUT2D eigenvalue weighted by Gasteiger charge is -2.08. The summed E-state index contributed by atoms with van der Waals surface area (Å²) in [5.74, 6) is 0.775. The van der Waals surface area contributed by atoms with Crippen molar-refractivity contribution in [1.29, 1.82) is 0 Å². The number of carbonyl (C=O) groups excluding carboxylic acids is 1. The van der Waals surface area contributed by atoms with E-state index < -0.39 is 0 Å². The molecule has 0 spiro atoms. The Balaban J connectivity index is 2.20. The van der Waals surface area contributed by atoms with E-state index in [1.807, 2.05) is 0 Å². The van der Waals surface area contributed by atoms with Crippen molar-refractivity contribution in [2.24, 2.45) is 0 Å². The zero-order chi connectivity index (χ0) is 13.1. The van der Waals surface area contributed by atoms with E-state index in [0.29, 0.717) is 28.4 Å². The van der Waals surface area contributed by atoms with Crippen LogP contribution in [0.5, 0.6) is 5.75 Å². The molecule has 0 aliphatic rings. The van der Waals surface area contributed by atoms with Crippen LogP contribution in [0.4, 0.5) is 11.4 Å². The summed E-state index contributed by atoms with van der Waals surface area (Å²) < 4.78 is 9.86. The number of benzene rings is 1. The molecule has 6 nitrogen and oxygen atoms in total. The summed E-state index contributed by atoms with van der Waals surface area (Å²) in [4.78, 5) is 11.9. The number of nitrogens with one attached hydrogen (secondary N) is 1. The largest absolute Gasteiger partial charge is 0.497 e. The molecular formula is C12H13N3O3. The van der Waals surface area contributed by atoms with Gasteiger partial charge in [0, 0.05) is 6.07 Å². The first-order chi connectivity index (χ1) is 8.61. The summed E-state index contributed by atoms with van der Waals surface area (Å²) in [5.41, 5.74) is 7.13. The molecule has 0 bridgehead atoms. The molecule has 94 valence electrons. The SMILES string of the molecule is COc1ccc(NC(=O)c2cnoc2C)c(N)c1. The third kappa shape index (κ3) is 2.27. The van der Waals surface area contributed by atoms with Gasteiger partial charge in [-0.25, -0.2) is 0 Å². The molecule has 1 aromatic carbocycles. The lowest BCUT2D eigenvalue weighted by Crippen LogP contribution is -2.13. The molecule has 1 aromatic heterocycles. The van der Waals surface area contributed by atoms with Crippen molar-refractivity contribution in [3.8, 4) is 5.75 Å². The van der Waals surface area contributed by atoms with Crippen LogP contribution in [0, 0.1) is 6.92 Å². The Hall–Kier alpha value is -2.50. The van der Waals surface area contributed by atoms with E-state index in [4.69, 9.17) is 15.0 Å². The second kappa shape index (κ2) is 4.79. The van der Waals surface area contributed by atoms with E-state index in [0.717, 1.165) is 0 Å². The predicted molar refractivity (Wildman–Crippen MR) is 66.6 cm³/mol. The van der Waals surface area contributed by atoms with Gasteiger partial charge in [0.15, 0.2) is 0 Å². The highest BCUT2D eigenvalue weighted by atomic mass is 16.5. The average Bonchev–Trinajstić information content (AvgIpc) is 2.78. The van der Waals surface area contributed by atoms with Crippen molar-refractivity contribution in [3.63, 3.8) is 0 Å². The molecule has 0 saturated carbocycles. The van der Waals surface area contributed by atoms with E-state index in [9.17, 15) is 4.79 Å². The van der Waals surface area contributed by atoms with Gasteiger partial charge in [-0.3, -0.25) is 4.79 Å². The highest BCUT2D eigenvalue weighted by molar-refractivity contribution is 6.06. The van der Waals surface area contributed by atoms with Gasteiger partial charge in [-0.05, 0) is 19.1 Å². The molecule has 1 amide bonds. The van der Waals surface area contributed by atoms with Gasteiger partial charge in [-0.1, -0.05) is 5.16 Å². The first-order valence-electron chi connectivity index (χ1n) is 5.28. The fourth-order valence-electron chi connectivity index (χ4n) is 1.49. The van der Waals surface area contributed by atoms with Crippen LogP contribution in [0.1, 0.15) is 16.1 Å². The number of nitrogens with two attached hydrogens (primary N) is 1. The maximum atomic E-state index is 11.9. The Morgan fingerprint density at radius 3 is 2.83 bits per heavy atom. The number of rotatable bonds is 3. The number of nitrogens with zero attached hydrogens (tertiary/aromatic N) is 1. The summed E-state index contributed by atoms with van der Waals surface area (Å²) in [6.45, 7) is 1.67. The molecule has 0 atom stereocenters. The quantitative estimate of drug-likeness (QED) is 0.807. The van der Waals surface area contributed by atoms with Gasteiger partial charge in [-0.15, -0.1) is 0 Å². The molecule has 0 radical (unpaired) electrons. The van der Waals surface area contributed by atoms with Crippen molar-refractivity contribution < 1.29 is 14.1 Å². The minimum atomic E-state index is -0.314. The summed E-state index contributed by atoms with van der Waals surface area (Å²) in [6, 6.07) is 5.03. The monoisotopic (exact) mass is 247 g/mol. The fraction of sp³-hybridized carbons (Fsp3) is 0.167. The summed E-state index contributed by atoms with van der Waals surface area (Å²) >= 11 is 0. The lowest BCUT2D eigenvalue weighted by atomic mass is 10.2. The molecule has 2 rings (SSSR count). The van der Waals surface area contributed by atoms with E-state index in [1.54, 1.807) is 32.2 Å². The van der Waals surface area contributed by atoms with Crippen LogP contribution in [0.15, 0.2) is 28.9 Å². The molecule has 0 aliphatic heterocycles. The summed E-state index contributed by atoms with van der Waals surface area (Å²) in [7, 11) is 1.55. The Morgan fingerprint density at radius 1 is 1.50 bits per heavy atom. The Kier molecular flexibility index (Phi) is 3.18. The maximum Gasteiger partial charge on any atom is 0.260 e. The number of carbonyl (C=O) groups is 1. The standard InChI is InChI=1S/C12H13N3O3/c1-7-9(6-14-18-7)12(16)15-11-4-3-8(17-2)5-10(11)13/h3-6H,13H2,1-2H3,(H,15,16). The van der Waals surface area contributed by atoms with E-state index in [2.05, 4.69) is 10.5 Å². The number of amides is 1. The van der Waals surface area contributed by atoms with Crippen LogP contribution < -0.4 is 15.8 Å². The van der Waals surface area contributed by atoms with Gasteiger partial charge in [0.25, 0.3) is 5.91 Å². The zero-order valence-corrected chi connectivity index (χ0v) is 10.1. The number of hydrogen-bond acceptors (Lipinski definition) is 5. The van der Waals surface area contributed by atoms with Crippen molar-refractivity contribution in [2.45, 2.75) is 6.92 Å². The first-order valence-corrected chi connectivity index (χ1v) is 5.28. The fourth-order valence-corrected chi connectivity index (χ4v) is 1.49. The van der Waals surface area contributed by atoms with Gasteiger partial charge < -0.3 is 20.3 Å². The molecule has 0 unspecified atom stereocenters. The molecule has 1 heterocycles. The van der Waals surface area contributed by atoms with Gasteiger partial charge in [-0.2, -0.15) is 0 Å². The topological polar surface area (TPSA) is 90.4 Å². The summed E-state index contributed by atoms with van der Waals surface area (Å²) in [5, 5.41) is 6.23. The molecule has 3 N–H and O–H groups in total. The molecule has 0 fully saturated rings. The van der Waals surface area contributed by atoms with Crippen LogP contribution in [-0.4, -0.2) is 18.2 Å². The number of aryl methyl sites for hydroxylation is 1. The van der Waals surface area contributed by atoms with E-state index >= 15 is 0 Å². The van der Waals surface area contributed by atoms with Gasteiger partial charge in [0.1, 0.15) is 17.1 Å². The number of methoxy groups -OCH3 is 1. The first kappa shape index (κ1) is 12.0. The van der Waals surface area contributed by atoms with Gasteiger partial charge in [0.05, 0.1) is 24.7 Å².